The molecule has 2 aromatic carbocycles. The van der Waals surface area contributed by atoms with Crippen molar-refractivity contribution in [2.24, 2.45) is 0 Å². The number of rotatable bonds is 8. The lowest BCUT2D eigenvalue weighted by molar-refractivity contribution is -0.119. The number of nitrogens with one attached hydrogen (secondary N) is 1. The van der Waals surface area contributed by atoms with Crippen molar-refractivity contribution in [2.45, 2.75) is 18.4 Å². The van der Waals surface area contributed by atoms with Crippen molar-refractivity contribution in [1.82, 2.24) is 9.21 Å². The Hall–Kier alpha value is -4.29. The van der Waals surface area contributed by atoms with Crippen LogP contribution in [-0.2, 0) is 26.1 Å². The predicted molar refractivity (Wildman–Crippen MR) is 130 cm³/mol. The zero-order chi connectivity index (χ0) is 26.9. The fourth-order valence-corrected chi connectivity index (χ4v) is 4.83. The number of amides is 3. The van der Waals surface area contributed by atoms with E-state index in [0.717, 1.165) is 9.21 Å². The average molecular weight is 526 g/mol. The molecule has 1 aliphatic rings. The first-order valence-corrected chi connectivity index (χ1v) is 12.5. The molecule has 0 saturated carbocycles. The third-order valence-corrected chi connectivity index (χ3v) is 7.62. The summed E-state index contributed by atoms with van der Waals surface area (Å²) in [5.74, 6) is -2.22. The predicted octanol–water partition coefficient (Wildman–Crippen LogP) is 2.43. The SMILES string of the molecule is Cc1ccc(NC(=O)COC(=O)c2ccc3c(c2)C(=O)N(Cc2ccco2)C3=O)cc1S(=O)(=O)N(C)C. The molecule has 1 aliphatic heterocycles. The number of anilines is 1. The van der Waals surface area contributed by atoms with Gasteiger partial charge < -0.3 is 14.5 Å². The van der Waals surface area contributed by atoms with E-state index in [0.29, 0.717) is 11.3 Å². The van der Waals surface area contributed by atoms with Crippen molar-refractivity contribution in [3.05, 3.63) is 82.8 Å². The molecule has 12 heteroatoms. The van der Waals surface area contributed by atoms with Crippen LogP contribution in [0.1, 0.15) is 42.4 Å². The molecule has 3 aromatic rings. The Bertz CT molecular complexity index is 1510. The molecule has 0 fully saturated rings. The normalized spacial score (nSPS) is 13.1. The van der Waals surface area contributed by atoms with Gasteiger partial charge in [0.15, 0.2) is 6.61 Å². The molecule has 2 heterocycles. The number of hydrogen-bond donors (Lipinski definition) is 1. The summed E-state index contributed by atoms with van der Waals surface area (Å²) >= 11 is 0. The van der Waals surface area contributed by atoms with Crippen LogP contribution in [0.5, 0.6) is 0 Å². The topological polar surface area (TPSA) is 143 Å². The maximum atomic E-state index is 12.7. The highest BCUT2D eigenvalue weighted by Crippen LogP contribution is 2.26. The summed E-state index contributed by atoms with van der Waals surface area (Å²) in [6.45, 7) is 0.932. The maximum Gasteiger partial charge on any atom is 0.338 e. The van der Waals surface area contributed by atoms with E-state index < -0.39 is 40.3 Å². The van der Waals surface area contributed by atoms with E-state index in [1.54, 1.807) is 25.1 Å². The van der Waals surface area contributed by atoms with E-state index in [2.05, 4.69) is 5.32 Å². The number of fused-ring (bicyclic) bond motifs is 1. The summed E-state index contributed by atoms with van der Waals surface area (Å²) in [6.07, 6.45) is 1.43. The van der Waals surface area contributed by atoms with E-state index in [-0.39, 0.29) is 33.8 Å². The number of benzene rings is 2. The van der Waals surface area contributed by atoms with Crippen LogP contribution < -0.4 is 5.32 Å². The molecule has 0 radical (unpaired) electrons. The number of carbonyl (C=O) groups excluding carboxylic acids is 4. The summed E-state index contributed by atoms with van der Waals surface area (Å²) in [7, 11) is -0.921. The van der Waals surface area contributed by atoms with Crippen LogP contribution in [0.4, 0.5) is 5.69 Å². The largest absolute Gasteiger partial charge is 0.467 e. The van der Waals surface area contributed by atoms with Crippen LogP contribution in [0.15, 0.2) is 64.1 Å². The van der Waals surface area contributed by atoms with E-state index >= 15 is 0 Å². The summed E-state index contributed by atoms with van der Waals surface area (Å²) in [6, 6.07) is 11.6. The number of furan rings is 1. The van der Waals surface area contributed by atoms with Gasteiger partial charge in [-0.15, -0.1) is 0 Å². The first-order chi connectivity index (χ1) is 17.5. The summed E-state index contributed by atoms with van der Waals surface area (Å²) in [5, 5.41) is 2.50. The lowest BCUT2D eigenvalue weighted by Crippen LogP contribution is -2.28. The number of nitrogens with zero attached hydrogens (tertiary/aromatic N) is 2. The zero-order valence-electron chi connectivity index (χ0n) is 20.2. The fourth-order valence-electron chi connectivity index (χ4n) is 3.68. The van der Waals surface area contributed by atoms with E-state index in [9.17, 15) is 27.6 Å². The molecule has 1 aromatic heterocycles. The molecule has 0 saturated heterocycles. The van der Waals surface area contributed by atoms with E-state index in [1.165, 1.54) is 50.7 Å². The summed E-state index contributed by atoms with van der Waals surface area (Å²) in [5.41, 5.74) is 0.900. The minimum Gasteiger partial charge on any atom is -0.467 e. The Morgan fingerprint density at radius 1 is 1.03 bits per heavy atom. The molecular formula is C25H23N3O8S. The molecule has 1 N–H and O–H groups in total. The summed E-state index contributed by atoms with van der Waals surface area (Å²) < 4.78 is 36.3. The van der Waals surface area contributed by atoms with E-state index in [1.807, 2.05) is 0 Å². The number of sulfonamides is 1. The summed E-state index contributed by atoms with van der Waals surface area (Å²) in [4.78, 5) is 51.3. The van der Waals surface area contributed by atoms with Gasteiger partial charge in [-0.05, 0) is 55.0 Å². The van der Waals surface area contributed by atoms with Gasteiger partial charge in [-0.25, -0.2) is 17.5 Å². The smallest absolute Gasteiger partial charge is 0.338 e. The van der Waals surface area contributed by atoms with Gasteiger partial charge in [0.05, 0.1) is 34.4 Å². The molecule has 0 bridgehead atoms. The number of imide groups is 1. The second kappa shape index (κ2) is 9.99. The van der Waals surface area contributed by atoms with Gasteiger partial charge >= 0.3 is 5.97 Å². The number of esters is 1. The second-order valence-corrected chi connectivity index (χ2v) is 10.5. The first kappa shape index (κ1) is 25.8. The monoisotopic (exact) mass is 525 g/mol. The van der Waals surface area contributed by atoms with Crippen LogP contribution >= 0.6 is 0 Å². The number of hydrogen-bond acceptors (Lipinski definition) is 8. The standard InChI is InChI=1S/C25H23N3O8S/c1-15-6-8-17(12-21(15)37(33,34)27(2)3)26-22(29)14-36-25(32)16-7-9-19-20(11-16)24(31)28(23(19)30)13-18-5-4-10-35-18/h4-12H,13-14H2,1-3H3,(H,26,29). The molecule has 3 amide bonds. The molecule has 4 rings (SSSR count). The van der Waals surface area contributed by atoms with Gasteiger partial charge in [-0.1, -0.05) is 6.07 Å². The third kappa shape index (κ3) is 5.15. The highest BCUT2D eigenvalue weighted by molar-refractivity contribution is 7.89. The minimum absolute atomic E-state index is 0.0118. The van der Waals surface area contributed by atoms with Gasteiger partial charge in [0.25, 0.3) is 17.7 Å². The van der Waals surface area contributed by atoms with Crippen LogP contribution in [0, 0.1) is 6.92 Å². The van der Waals surface area contributed by atoms with Gasteiger partial charge in [0.2, 0.25) is 10.0 Å². The van der Waals surface area contributed by atoms with Crippen molar-refractivity contribution >= 4 is 39.4 Å². The lowest BCUT2D eigenvalue weighted by Gasteiger charge is -2.15. The minimum atomic E-state index is -3.72. The molecule has 0 aliphatic carbocycles. The highest BCUT2D eigenvalue weighted by Gasteiger charge is 2.36. The van der Waals surface area contributed by atoms with Crippen LogP contribution in [0.2, 0.25) is 0 Å². The zero-order valence-corrected chi connectivity index (χ0v) is 21.0. The molecule has 0 unspecified atom stereocenters. The molecule has 0 atom stereocenters. The van der Waals surface area contributed by atoms with Gasteiger partial charge in [0, 0.05) is 19.8 Å². The van der Waals surface area contributed by atoms with Gasteiger partial charge in [0.1, 0.15) is 5.76 Å². The van der Waals surface area contributed by atoms with Crippen molar-refractivity contribution in [3.63, 3.8) is 0 Å². The third-order valence-electron chi connectivity index (χ3n) is 5.67. The Kier molecular flexibility index (Phi) is 6.96. The van der Waals surface area contributed by atoms with Crippen LogP contribution in [0.25, 0.3) is 0 Å². The number of carbonyl (C=O) groups is 4. The molecule has 0 spiro atoms. The Balaban J connectivity index is 1.40. The quantitative estimate of drug-likeness (QED) is 0.349. The van der Waals surface area contributed by atoms with E-state index in [4.69, 9.17) is 9.15 Å². The molecule has 37 heavy (non-hydrogen) atoms. The molecular weight excluding hydrogens is 502 g/mol. The average Bonchev–Trinajstić information content (AvgIpc) is 3.46. The Labute approximate surface area is 212 Å². The lowest BCUT2D eigenvalue weighted by atomic mass is 10.1. The van der Waals surface area contributed by atoms with Crippen LogP contribution in [0.3, 0.4) is 0 Å². The maximum absolute atomic E-state index is 12.7. The van der Waals surface area contributed by atoms with Crippen molar-refractivity contribution in [1.29, 1.82) is 0 Å². The number of ether oxygens (including phenoxy) is 1. The van der Waals surface area contributed by atoms with Crippen molar-refractivity contribution in [3.8, 4) is 0 Å². The van der Waals surface area contributed by atoms with Crippen molar-refractivity contribution in [2.75, 3.05) is 26.0 Å². The number of aryl methyl sites for hydroxylation is 1. The Morgan fingerprint density at radius 2 is 1.76 bits per heavy atom. The highest BCUT2D eigenvalue weighted by atomic mass is 32.2. The van der Waals surface area contributed by atoms with Crippen molar-refractivity contribution < 1.29 is 36.7 Å². The molecule has 192 valence electrons. The molecule has 11 nitrogen and oxygen atoms in total. The Morgan fingerprint density at radius 3 is 2.43 bits per heavy atom. The van der Waals surface area contributed by atoms with Gasteiger partial charge in [-0.3, -0.25) is 19.3 Å². The fraction of sp³-hybridized carbons (Fsp3) is 0.200. The van der Waals surface area contributed by atoms with Gasteiger partial charge in [-0.2, -0.15) is 0 Å². The second-order valence-electron chi connectivity index (χ2n) is 8.43. The van der Waals surface area contributed by atoms with Crippen LogP contribution in [-0.4, -0.2) is 62.0 Å². The first-order valence-electron chi connectivity index (χ1n) is 11.0.